The SMILES string of the molecule is FC1(F)CCCN(Cc2ccc(-c3ccc4c(nnn4CC4CC4)c3Cl)cc2)C1. The first-order chi connectivity index (χ1) is 14.0. The summed E-state index contributed by atoms with van der Waals surface area (Å²) >= 11 is 6.66. The summed E-state index contributed by atoms with van der Waals surface area (Å²) in [7, 11) is 0. The second-order valence-electron chi connectivity index (χ2n) is 8.38. The van der Waals surface area contributed by atoms with Crippen LogP contribution in [-0.4, -0.2) is 38.9 Å². The fraction of sp³-hybridized carbons (Fsp3) is 0.455. The van der Waals surface area contributed by atoms with Gasteiger partial charge in [0.15, 0.2) is 0 Å². The molecule has 1 aromatic heterocycles. The number of aromatic nitrogens is 3. The van der Waals surface area contributed by atoms with Gasteiger partial charge in [0, 0.05) is 25.1 Å². The van der Waals surface area contributed by atoms with E-state index in [9.17, 15) is 8.78 Å². The maximum atomic E-state index is 13.6. The molecule has 5 rings (SSSR count). The summed E-state index contributed by atoms with van der Waals surface area (Å²) in [6.45, 7) is 2.00. The summed E-state index contributed by atoms with van der Waals surface area (Å²) < 4.78 is 29.2. The summed E-state index contributed by atoms with van der Waals surface area (Å²) in [6, 6.07) is 12.0. The van der Waals surface area contributed by atoms with Crippen LogP contribution in [0.2, 0.25) is 5.02 Å². The minimum Gasteiger partial charge on any atom is -0.293 e. The molecule has 1 saturated heterocycles. The van der Waals surface area contributed by atoms with Gasteiger partial charge in [-0.1, -0.05) is 47.1 Å². The topological polar surface area (TPSA) is 34.0 Å². The van der Waals surface area contributed by atoms with Crippen molar-refractivity contribution in [2.45, 2.75) is 44.7 Å². The molecule has 0 N–H and O–H groups in total. The summed E-state index contributed by atoms with van der Waals surface area (Å²) in [6.07, 6.45) is 3.06. The predicted molar refractivity (Wildman–Crippen MR) is 110 cm³/mol. The lowest BCUT2D eigenvalue weighted by Gasteiger charge is -2.32. The number of nitrogens with zero attached hydrogens (tertiary/aromatic N) is 4. The monoisotopic (exact) mass is 416 g/mol. The second kappa shape index (κ2) is 7.33. The molecule has 1 aliphatic heterocycles. The molecular formula is C22H23ClF2N4. The molecule has 0 bridgehead atoms. The van der Waals surface area contributed by atoms with Gasteiger partial charge in [-0.3, -0.25) is 4.90 Å². The molecule has 1 aliphatic carbocycles. The molecule has 2 heterocycles. The van der Waals surface area contributed by atoms with E-state index in [0.29, 0.717) is 23.9 Å². The minimum absolute atomic E-state index is 0.00527. The van der Waals surface area contributed by atoms with E-state index in [1.165, 1.54) is 12.8 Å². The number of hydrogen-bond acceptors (Lipinski definition) is 3. The molecule has 2 aromatic carbocycles. The van der Waals surface area contributed by atoms with E-state index < -0.39 is 5.92 Å². The molecule has 2 aliphatic rings. The first-order valence-corrected chi connectivity index (χ1v) is 10.6. The highest BCUT2D eigenvalue weighted by Crippen LogP contribution is 2.36. The summed E-state index contributed by atoms with van der Waals surface area (Å²) in [5.74, 6) is -1.86. The van der Waals surface area contributed by atoms with Crippen molar-refractivity contribution < 1.29 is 8.78 Å². The Bertz CT molecular complexity index is 1030. The van der Waals surface area contributed by atoms with Gasteiger partial charge < -0.3 is 0 Å². The smallest absolute Gasteiger partial charge is 0.260 e. The third-order valence-corrected chi connectivity index (χ3v) is 6.28. The number of hydrogen-bond donors (Lipinski definition) is 0. The first kappa shape index (κ1) is 18.9. The van der Waals surface area contributed by atoms with E-state index in [2.05, 4.69) is 10.3 Å². The fourth-order valence-corrected chi connectivity index (χ4v) is 4.44. The zero-order valence-electron chi connectivity index (χ0n) is 16.1. The van der Waals surface area contributed by atoms with Gasteiger partial charge in [0.1, 0.15) is 5.52 Å². The highest BCUT2D eigenvalue weighted by Gasteiger charge is 2.34. The van der Waals surface area contributed by atoms with Gasteiger partial charge in [0.05, 0.1) is 17.1 Å². The standard InChI is InChI=1S/C22H23ClF2N4/c23-20-18(8-9-19-21(20)26-27-29(19)13-16-2-3-16)17-6-4-15(5-7-17)12-28-11-1-10-22(24,25)14-28/h4-9,16H,1-3,10-14H2. The predicted octanol–water partition coefficient (Wildman–Crippen LogP) is 5.39. The quantitative estimate of drug-likeness (QED) is 0.559. The number of benzene rings is 2. The van der Waals surface area contributed by atoms with Crippen molar-refractivity contribution >= 4 is 22.6 Å². The fourth-order valence-electron chi connectivity index (χ4n) is 4.14. The number of rotatable bonds is 5. The minimum atomic E-state index is -2.57. The molecule has 1 saturated carbocycles. The van der Waals surface area contributed by atoms with E-state index in [0.717, 1.165) is 40.8 Å². The van der Waals surface area contributed by atoms with E-state index >= 15 is 0 Å². The van der Waals surface area contributed by atoms with Crippen molar-refractivity contribution in [1.29, 1.82) is 0 Å². The zero-order chi connectivity index (χ0) is 20.0. The Morgan fingerprint density at radius 3 is 2.62 bits per heavy atom. The summed E-state index contributed by atoms with van der Waals surface area (Å²) in [5, 5.41) is 9.18. The molecule has 0 spiro atoms. The van der Waals surface area contributed by atoms with Crippen LogP contribution in [0.1, 0.15) is 31.2 Å². The molecule has 4 nitrogen and oxygen atoms in total. The normalized spacial score (nSPS) is 19.7. The van der Waals surface area contributed by atoms with Gasteiger partial charge in [-0.25, -0.2) is 13.5 Å². The van der Waals surface area contributed by atoms with E-state index in [1.807, 2.05) is 46.0 Å². The molecule has 29 heavy (non-hydrogen) atoms. The van der Waals surface area contributed by atoms with Crippen LogP contribution >= 0.6 is 11.6 Å². The lowest BCUT2D eigenvalue weighted by molar-refractivity contribution is -0.0661. The molecule has 0 radical (unpaired) electrons. The molecular weight excluding hydrogens is 394 g/mol. The molecule has 2 fully saturated rings. The van der Waals surface area contributed by atoms with Crippen LogP contribution < -0.4 is 0 Å². The Kier molecular flexibility index (Phi) is 4.79. The van der Waals surface area contributed by atoms with Crippen LogP contribution in [0.15, 0.2) is 36.4 Å². The van der Waals surface area contributed by atoms with Crippen molar-refractivity contribution in [2.24, 2.45) is 5.92 Å². The Hall–Kier alpha value is -2.05. The molecule has 0 unspecified atom stereocenters. The van der Waals surface area contributed by atoms with Crippen LogP contribution in [0.25, 0.3) is 22.2 Å². The van der Waals surface area contributed by atoms with E-state index in [4.69, 9.17) is 11.6 Å². The van der Waals surface area contributed by atoms with Gasteiger partial charge in [-0.15, -0.1) is 5.10 Å². The number of alkyl halides is 2. The van der Waals surface area contributed by atoms with Crippen LogP contribution in [0, 0.1) is 5.92 Å². The maximum Gasteiger partial charge on any atom is 0.260 e. The Morgan fingerprint density at radius 2 is 1.90 bits per heavy atom. The van der Waals surface area contributed by atoms with E-state index in [1.54, 1.807) is 0 Å². The molecule has 152 valence electrons. The van der Waals surface area contributed by atoms with Crippen molar-refractivity contribution in [3.63, 3.8) is 0 Å². The summed E-state index contributed by atoms with van der Waals surface area (Å²) in [4.78, 5) is 1.83. The van der Waals surface area contributed by atoms with Crippen LogP contribution in [0.5, 0.6) is 0 Å². The third-order valence-electron chi connectivity index (χ3n) is 5.90. The zero-order valence-corrected chi connectivity index (χ0v) is 16.9. The van der Waals surface area contributed by atoms with Crippen molar-refractivity contribution in [3.8, 4) is 11.1 Å². The van der Waals surface area contributed by atoms with Gasteiger partial charge >= 0.3 is 0 Å². The van der Waals surface area contributed by atoms with Crippen molar-refractivity contribution in [3.05, 3.63) is 47.0 Å². The molecule has 0 amide bonds. The van der Waals surface area contributed by atoms with Gasteiger partial charge in [-0.05, 0) is 48.9 Å². The second-order valence-corrected chi connectivity index (χ2v) is 8.75. The Labute approximate surface area is 173 Å². The Morgan fingerprint density at radius 1 is 1.10 bits per heavy atom. The van der Waals surface area contributed by atoms with Crippen LogP contribution in [0.4, 0.5) is 8.78 Å². The molecule has 7 heteroatoms. The highest BCUT2D eigenvalue weighted by molar-refractivity contribution is 6.37. The Balaban J connectivity index is 1.35. The average molecular weight is 417 g/mol. The van der Waals surface area contributed by atoms with Crippen LogP contribution in [-0.2, 0) is 13.1 Å². The number of likely N-dealkylation sites (tertiary alicyclic amines) is 1. The highest BCUT2D eigenvalue weighted by atomic mass is 35.5. The van der Waals surface area contributed by atoms with Gasteiger partial charge in [0.2, 0.25) is 0 Å². The number of halogens is 3. The number of piperidine rings is 1. The van der Waals surface area contributed by atoms with Gasteiger partial charge in [0.25, 0.3) is 5.92 Å². The van der Waals surface area contributed by atoms with Crippen molar-refractivity contribution in [1.82, 2.24) is 19.9 Å². The number of fused-ring (bicyclic) bond motifs is 1. The maximum absolute atomic E-state index is 13.6. The third kappa shape index (κ3) is 4.01. The summed E-state index contributed by atoms with van der Waals surface area (Å²) in [5.41, 5.74) is 4.62. The molecule has 3 aromatic rings. The van der Waals surface area contributed by atoms with Crippen LogP contribution in [0.3, 0.4) is 0 Å². The lowest BCUT2D eigenvalue weighted by atomic mass is 10.0. The lowest BCUT2D eigenvalue weighted by Crippen LogP contribution is -2.41. The van der Waals surface area contributed by atoms with E-state index in [-0.39, 0.29) is 13.0 Å². The first-order valence-electron chi connectivity index (χ1n) is 10.2. The van der Waals surface area contributed by atoms with Crippen molar-refractivity contribution in [2.75, 3.05) is 13.1 Å². The molecule has 0 atom stereocenters. The average Bonchev–Trinajstić information content (AvgIpc) is 3.41. The largest absolute Gasteiger partial charge is 0.293 e. The van der Waals surface area contributed by atoms with Gasteiger partial charge in [-0.2, -0.15) is 0 Å².